The highest BCUT2D eigenvalue weighted by Gasteiger charge is 2.41. The molecule has 1 aromatic heterocycles. The van der Waals surface area contributed by atoms with Gasteiger partial charge in [-0.1, -0.05) is 0 Å². The molecule has 1 atom stereocenters. The van der Waals surface area contributed by atoms with Gasteiger partial charge in [0.25, 0.3) is 0 Å². The van der Waals surface area contributed by atoms with Gasteiger partial charge in [0.1, 0.15) is 18.4 Å². The van der Waals surface area contributed by atoms with Crippen LogP contribution in [0.4, 0.5) is 17.6 Å². The summed E-state index contributed by atoms with van der Waals surface area (Å²) in [6.45, 7) is 3.70. The van der Waals surface area contributed by atoms with Crippen LogP contribution in [0.3, 0.4) is 0 Å². The fourth-order valence-electron chi connectivity index (χ4n) is 3.41. The first-order valence-corrected chi connectivity index (χ1v) is 9.49. The molecule has 0 aliphatic carbocycles. The minimum Gasteiger partial charge on any atom is -0.439 e. The molecule has 1 fully saturated rings. The Morgan fingerprint density at radius 1 is 1.23 bits per heavy atom. The number of rotatable bonds is 5. The summed E-state index contributed by atoms with van der Waals surface area (Å²) in [6, 6.07) is 5.10. The molecular formula is C20H24F4N4O2. The lowest BCUT2D eigenvalue weighted by molar-refractivity contribution is -0.143. The summed E-state index contributed by atoms with van der Waals surface area (Å²) in [7, 11) is 1.71. The van der Waals surface area contributed by atoms with Gasteiger partial charge in [-0.15, -0.1) is 0 Å². The highest BCUT2D eigenvalue weighted by atomic mass is 19.4. The first kappa shape index (κ1) is 22.2. The van der Waals surface area contributed by atoms with Gasteiger partial charge in [0.05, 0.1) is 11.7 Å². The highest BCUT2D eigenvalue weighted by Crippen LogP contribution is 2.32. The van der Waals surface area contributed by atoms with E-state index in [0.29, 0.717) is 30.3 Å². The van der Waals surface area contributed by atoms with Crippen molar-refractivity contribution in [3.8, 4) is 11.3 Å². The maximum atomic E-state index is 13.1. The van der Waals surface area contributed by atoms with Gasteiger partial charge in [0, 0.05) is 25.2 Å². The van der Waals surface area contributed by atoms with Crippen LogP contribution >= 0.6 is 0 Å². The maximum Gasteiger partial charge on any atom is 0.405 e. The molecule has 1 aliphatic heterocycles. The lowest BCUT2D eigenvalue weighted by Gasteiger charge is -2.44. The number of nitrogens with zero attached hydrogens (tertiary/aromatic N) is 3. The van der Waals surface area contributed by atoms with Crippen molar-refractivity contribution in [1.29, 1.82) is 0 Å². The topological polar surface area (TPSA) is 61.6 Å². The van der Waals surface area contributed by atoms with E-state index in [1.165, 1.54) is 12.1 Å². The quantitative estimate of drug-likeness (QED) is 0.742. The summed E-state index contributed by atoms with van der Waals surface area (Å²) in [5.41, 5.74) is -0.0315. The summed E-state index contributed by atoms with van der Waals surface area (Å²) in [5, 5.41) is 1.96. The Hall–Kier alpha value is -2.46. The van der Waals surface area contributed by atoms with E-state index < -0.39 is 30.2 Å². The summed E-state index contributed by atoms with van der Waals surface area (Å²) in [4.78, 5) is 20.4. The largest absolute Gasteiger partial charge is 0.439 e. The molecule has 1 N–H and O–H groups in total. The molecule has 6 nitrogen and oxygen atoms in total. The van der Waals surface area contributed by atoms with Gasteiger partial charge in [-0.05, 0) is 45.2 Å². The molecule has 1 amide bonds. The second-order valence-corrected chi connectivity index (χ2v) is 7.87. The highest BCUT2D eigenvalue weighted by molar-refractivity contribution is 5.82. The van der Waals surface area contributed by atoms with E-state index in [0.717, 1.165) is 0 Å². The predicted octanol–water partition coefficient (Wildman–Crippen LogP) is 3.01. The van der Waals surface area contributed by atoms with E-state index in [1.54, 1.807) is 30.3 Å². The van der Waals surface area contributed by atoms with Crippen molar-refractivity contribution in [2.45, 2.75) is 31.6 Å². The third-order valence-electron chi connectivity index (χ3n) is 5.36. The number of nitrogens with one attached hydrogen (secondary N) is 1. The molecule has 0 unspecified atom stereocenters. The molecule has 1 aromatic carbocycles. The van der Waals surface area contributed by atoms with Crippen LogP contribution in [-0.4, -0.2) is 66.1 Å². The minimum absolute atomic E-state index is 0.224. The van der Waals surface area contributed by atoms with Crippen LogP contribution in [0.25, 0.3) is 11.3 Å². The summed E-state index contributed by atoms with van der Waals surface area (Å²) >= 11 is 0. The van der Waals surface area contributed by atoms with Crippen molar-refractivity contribution in [2.75, 3.05) is 33.2 Å². The van der Waals surface area contributed by atoms with Crippen molar-refractivity contribution in [3.63, 3.8) is 0 Å². The molecular weight excluding hydrogens is 404 g/mol. The molecule has 0 spiro atoms. The van der Waals surface area contributed by atoms with E-state index in [1.807, 2.05) is 24.1 Å². The fraction of sp³-hybridized carbons (Fsp3) is 0.500. The van der Waals surface area contributed by atoms with Crippen molar-refractivity contribution in [1.82, 2.24) is 20.1 Å². The molecule has 3 rings (SSSR count). The number of carbonyl (C=O) groups is 1. The predicted molar refractivity (Wildman–Crippen MR) is 102 cm³/mol. The second-order valence-electron chi connectivity index (χ2n) is 7.87. The number of halogens is 4. The van der Waals surface area contributed by atoms with E-state index in [2.05, 4.69) is 4.98 Å². The number of carbonyl (C=O) groups excluding carboxylic acids is 1. The lowest BCUT2D eigenvalue weighted by atomic mass is 9.99. The molecule has 10 heteroatoms. The zero-order valence-electron chi connectivity index (χ0n) is 17.0. The Morgan fingerprint density at radius 2 is 1.90 bits per heavy atom. The van der Waals surface area contributed by atoms with E-state index in [4.69, 9.17) is 4.42 Å². The van der Waals surface area contributed by atoms with Gasteiger partial charge in [-0.3, -0.25) is 14.6 Å². The van der Waals surface area contributed by atoms with Gasteiger partial charge in [0.15, 0.2) is 5.76 Å². The lowest BCUT2D eigenvalue weighted by Crippen LogP contribution is -2.61. The minimum atomic E-state index is -4.46. The molecule has 1 saturated heterocycles. The van der Waals surface area contributed by atoms with Crippen LogP contribution in [0.2, 0.25) is 0 Å². The van der Waals surface area contributed by atoms with Crippen molar-refractivity contribution in [2.24, 2.45) is 0 Å². The zero-order valence-corrected chi connectivity index (χ0v) is 17.0. The molecule has 164 valence electrons. The molecule has 2 heterocycles. The Bertz CT molecular complexity index is 880. The van der Waals surface area contributed by atoms with Crippen LogP contribution < -0.4 is 5.32 Å². The molecule has 0 radical (unpaired) electrons. The Balaban J connectivity index is 1.74. The van der Waals surface area contributed by atoms with Gasteiger partial charge in [-0.2, -0.15) is 13.2 Å². The molecule has 30 heavy (non-hydrogen) atoms. The van der Waals surface area contributed by atoms with Crippen LogP contribution in [0.5, 0.6) is 0 Å². The Kier molecular flexibility index (Phi) is 6.19. The van der Waals surface area contributed by atoms with Crippen molar-refractivity contribution >= 4 is 5.91 Å². The smallest absolute Gasteiger partial charge is 0.405 e. The number of benzene rings is 1. The normalized spacial score (nSPS) is 19.1. The van der Waals surface area contributed by atoms with Crippen LogP contribution in [0, 0.1) is 5.82 Å². The summed E-state index contributed by atoms with van der Waals surface area (Å²) < 4.78 is 56.4. The third kappa shape index (κ3) is 4.99. The maximum absolute atomic E-state index is 13.1. The number of likely N-dealkylation sites (N-methyl/N-ethyl adjacent to an activating group) is 1. The van der Waals surface area contributed by atoms with Gasteiger partial charge in [0.2, 0.25) is 11.8 Å². The van der Waals surface area contributed by atoms with E-state index >= 15 is 0 Å². The van der Waals surface area contributed by atoms with Gasteiger partial charge in [-0.25, -0.2) is 9.37 Å². The standard InChI is InChI=1S/C20H24F4N4O2/c1-19(2,18-25-10-16(30-18)13-4-6-14(21)7-5-13)28-9-8-27(3)15(11-28)17(29)26-12-20(22,23)24/h4-7,10,15H,8-9,11-12H2,1-3H3,(H,26,29)/t15-/m0/s1. The third-order valence-corrected chi connectivity index (χ3v) is 5.36. The van der Waals surface area contributed by atoms with E-state index in [9.17, 15) is 22.4 Å². The monoisotopic (exact) mass is 428 g/mol. The molecule has 1 aliphatic rings. The first-order valence-electron chi connectivity index (χ1n) is 9.49. The Morgan fingerprint density at radius 3 is 2.53 bits per heavy atom. The van der Waals surface area contributed by atoms with Gasteiger partial charge < -0.3 is 9.73 Å². The number of alkyl halides is 3. The zero-order chi connectivity index (χ0) is 22.1. The van der Waals surface area contributed by atoms with E-state index in [-0.39, 0.29) is 12.4 Å². The Labute approximate surface area is 171 Å². The van der Waals surface area contributed by atoms with Crippen LogP contribution in [0.1, 0.15) is 19.7 Å². The number of hydrogen-bond acceptors (Lipinski definition) is 5. The van der Waals surface area contributed by atoms with Crippen LogP contribution in [0.15, 0.2) is 34.9 Å². The SMILES string of the molecule is CN1CCN(C(C)(C)c2ncc(-c3ccc(F)cc3)o2)C[C@H]1C(=O)NCC(F)(F)F. The average Bonchev–Trinajstić information content (AvgIpc) is 3.17. The summed E-state index contributed by atoms with van der Waals surface area (Å²) in [6.07, 6.45) is -2.91. The summed E-state index contributed by atoms with van der Waals surface area (Å²) in [5.74, 6) is -0.145. The van der Waals surface area contributed by atoms with Crippen molar-refractivity contribution in [3.05, 3.63) is 42.2 Å². The van der Waals surface area contributed by atoms with Gasteiger partial charge >= 0.3 is 6.18 Å². The fourth-order valence-corrected chi connectivity index (χ4v) is 3.41. The average molecular weight is 428 g/mol. The number of amides is 1. The van der Waals surface area contributed by atoms with Crippen LogP contribution in [-0.2, 0) is 10.3 Å². The molecule has 0 bridgehead atoms. The number of oxazole rings is 1. The number of piperazine rings is 1. The molecule has 2 aromatic rings. The second kappa shape index (κ2) is 8.35. The first-order chi connectivity index (χ1) is 14.0. The number of aromatic nitrogens is 1. The number of hydrogen-bond donors (Lipinski definition) is 1. The molecule has 0 saturated carbocycles. The van der Waals surface area contributed by atoms with Crippen molar-refractivity contribution < 1.29 is 26.8 Å².